The third-order valence-corrected chi connectivity index (χ3v) is 3.91. The molecule has 0 spiro atoms. The molecule has 0 unspecified atom stereocenters. The molecule has 1 aromatic carbocycles. The summed E-state index contributed by atoms with van der Waals surface area (Å²) >= 11 is 9.38. The van der Waals surface area contributed by atoms with Gasteiger partial charge in [0.25, 0.3) is 0 Å². The van der Waals surface area contributed by atoms with Gasteiger partial charge < -0.3 is 4.90 Å². The molecule has 19 heavy (non-hydrogen) atoms. The van der Waals surface area contributed by atoms with E-state index in [0.29, 0.717) is 5.88 Å². The highest BCUT2D eigenvalue weighted by molar-refractivity contribution is 9.10. The monoisotopic (exact) mass is 338 g/mol. The molecule has 100 valence electrons. The topological polar surface area (TPSA) is 16.1 Å². The molecule has 1 aromatic heterocycles. The van der Waals surface area contributed by atoms with E-state index in [0.717, 1.165) is 29.1 Å². The smallest absolute Gasteiger partial charge is 0.129 e. The van der Waals surface area contributed by atoms with Crippen molar-refractivity contribution in [1.29, 1.82) is 0 Å². The molecule has 0 saturated carbocycles. The van der Waals surface area contributed by atoms with Gasteiger partial charge in [-0.15, -0.1) is 11.6 Å². The highest BCUT2D eigenvalue weighted by Crippen LogP contribution is 2.20. The fourth-order valence-corrected chi connectivity index (χ4v) is 2.31. The molecule has 2 nitrogen and oxygen atoms in total. The maximum absolute atomic E-state index is 5.90. The van der Waals surface area contributed by atoms with Crippen LogP contribution in [0.2, 0.25) is 0 Å². The number of nitrogens with zero attached hydrogens (tertiary/aromatic N) is 2. The summed E-state index contributed by atoms with van der Waals surface area (Å²) in [5.41, 5.74) is 2.25. The van der Waals surface area contributed by atoms with Crippen LogP contribution < -0.4 is 4.90 Å². The van der Waals surface area contributed by atoms with Gasteiger partial charge >= 0.3 is 0 Å². The van der Waals surface area contributed by atoms with Gasteiger partial charge in [-0.1, -0.05) is 30.3 Å². The van der Waals surface area contributed by atoms with Crippen LogP contribution in [0.4, 0.5) is 5.82 Å². The molecule has 0 aliphatic rings. The number of anilines is 1. The van der Waals surface area contributed by atoms with E-state index in [1.54, 1.807) is 0 Å². The van der Waals surface area contributed by atoms with Crippen LogP contribution in [-0.4, -0.2) is 17.4 Å². The average molecular weight is 340 g/mol. The van der Waals surface area contributed by atoms with Crippen LogP contribution in [0.1, 0.15) is 11.3 Å². The SMILES string of the molecule is Cc1nc(N(CCCl)Cc2ccccc2)ccc1Br. The Kier molecular flexibility index (Phi) is 5.23. The Bertz CT molecular complexity index is 531. The molecule has 4 heteroatoms. The lowest BCUT2D eigenvalue weighted by Gasteiger charge is -2.23. The molecule has 0 N–H and O–H groups in total. The minimum absolute atomic E-state index is 0.587. The number of alkyl halides is 1. The van der Waals surface area contributed by atoms with E-state index >= 15 is 0 Å². The standard InChI is InChI=1S/C15H16BrClN2/c1-12-14(16)7-8-15(18-12)19(10-9-17)11-13-5-3-2-4-6-13/h2-8H,9-11H2,1H3. The molecule has 0 bridgehead atoms. The van der Waals surface area contributed by atoms with Gasteiger partial charge in [0.05, 0.1) is 5.69 Å². The first-order chi connectivity index (χ1) is 9.20. The van der Waals surface area contributed by atoms with E-state index in [4.69, 9.17) is 11.6 Å². The summed E-state index contributed by atoms with van der Waals surface area (Å²) in [6.07, 6.45) is 0. The van der Waals surface area contributed by atoms with Crippen LogP contribution in [0.25, 0.3) is 0 Å². The van der Waals surface area contributed by atoms with Gasteiger partial charge in [0.15, 0.2) is 0 Å². The number of aromatic nitrogens is 1. The van der Waals surface area contributed by atoms with Gasteiger partial charge in [0.1, 0.15) is 5.82 Å². The van der Waals surface area contributed by atoms with E-state index in [1.165, 1.54) is 5.56 Å². The summed E-state index contributed by atoms with van der Waals surface area (Å²) in [7, 11) is 0. The molecule has 0 atom stereocenters. The fraction of sp³-hybridized carbons (Fsp3) is 0.267. The van der Waals surface area contributed by atoms with Crippen molar-refractivity contribution in [1.82, 2.24) is 4.98 Å². The van der Waals surface area contributed by atoms with Crippen LogP contribution >= 0.6 is 27.5 Å². The molecule has 0 saturated heterocycles. The highest BCUT2D eigenvalue weighted by atomic mass is 79.9. The molecule has 0 fully saturated rings. The zero-order valence-corrected chi connectivity index (χ0v) is 13.2. The second-order valence-corrected chi connectivity index (χ2v) is 5.57. The zero-order valence-electron chi connectivity index (χ0n) is 10.8. The summed E-state index contributed by atoms with van der Waals surface area (Å²) in [6.45, 7) is 3.60. The molecular weight excluding hydrogens is 324 g/mol. The number of pyridine rings is 1. The number of hydrogen-bond donors (Lipinski definition) is 0. The van der Waals surface area contributed by atoms with Crippen LogP contribution in [0, 0.1) is 6.92 Å². The lowest BCUT2D eigenvalue weighted by Crippen LogP contribution is -2.26. The van der Waals surface area contributed by atoms with Crippen LogP contribution in [0.5, 0.6) is 0 Å². The van der Waals surface area contributed by atoms with Gasteiger partial charge in [-0.3, -0.25) is 0 Å². The van der Waals surface area contributed by atoms with Gasteiger partial charge in [-0.25, -0.2) is 4.98 Å². The van der Waals surface area contributed by atoms with Crippen LogP contribution in [0.3, 0.4) is 0 Å². The van der Waals surface area contributed by atoms with Crippen molar-refractivity contribution in [2.75, 3.05) is 17.3 Å². The minimum Gasteiger partial charge on any atom is -0.351 e. The number of aryl methyl sites for hydroxylation is 1. The Hall–Kier alpha value is -1.06. The maximum atomic E-state index is 5.90. The van der Waals surface area contributed by atoms with Gasteiger partial charge in [-0.05, 0) is 40.5 Å². The normalized spacial score (nSPS) is 10.5. The molecule has 0 amide bonds. The summed E-state index contributed by atoms with van der Waals surface area (Å²) in [5, 5.41) is 0. The maximum Gasteiger partial charge on any atom is 0.129 e. The van der Waals surface area contributed by atoms with Crippen molar-refractivity contribution in [2.45, 2.75) is 13.5 Å². The summed E-state index contributed by atoms with van der Waals surface area (Å²) in [5.74, 6) is 1.55. The molecule has 0 aliphatic carbocycles. The molecule has 2 aromatic rings. The van der Waals surface area contributed by atoms with Gasteiger partial charge in [0.2, 0.25) is 0 Å². The van der Waals surface area contributed by atoms with E-state index in [-0.39, 0.29) is 0 Å². The number of hydrogen-bond acceptors (Lipinski definition) is 2. The third-order valence-electron chi connectivity index (χ3n) is 2.90. The Morgan fingerprint density at radius 3 is 2.53 bits per heavy atom. The predicted octanol–water partition coefficient (Wildman–Crippen LogP) is 4.40. The summed E-state index contributed by atoms with van der Waals surface area (Å²) < 4.78 is 1.03. The first-order valence-corrected chi connectivity index (χ1v) is 7.51. The Balaban J connectivity index is 2.21. The Morgan fingerprint density at radius 1 is 1.16 bits per heavy atom. The molecule has 0 radical (unpaired) electrons. The second kappa shape index (κ2) is 6.92. The van der Waals surface area contributed by atoms with E-state index < -0.39 is 0 Å². The first kappa shape index (κ1) is 14.4. The quantitative estimate of drug-likeness (QED) is 0.751. The molecule has 1 heterocycles. The minimum atomic E-state index is 0.587. The van der Waals surface area contributed by atoms with E-state index in [2.05, 4.69) is 50.1 Å². The van der Waals surface area contributed by atoms with Crippen LogP contribution in [0.15, 0.2) is 46.9 Å². The summed E-state index contributed by atoms with van der Waals surface area (Å²) in [6, 6.07) is 14.4. The zero-order chi connectivity index (χ0) is 13.7. The number of benzene rings is 1. The van der Waals surface area contributed by atoms with Crippen molar-refractivity contribution in [3.05, 3.63) is 58.2 Å². The number of halogens is 2. The van der Waals surface area contributed by atoms with E-state index in [1.807, 2.05) is 25.1 Å². The summed E-state index contributed by atoms with van der Waals surface area (Å²) in [4.78, 5) is 6.80. The highest BCUT2D eigenvalue weighted by Gasteiger charge is 2.09. The largest absolute Gasteiger partial charge is 0.351 e. The van der Waals surface area contributed by atoms with Crippen LogP contribution in [-0.2, 0) is 6.54 Å². The van der Waals surface area contributed by atoms with Crippen molar-refractivity contribution in [2.24, 2.45) is 0 Å². The van der Waals surface area contributed by atoms with Gasteiger partial charge in [0, 0.05) is 23.4 Å². The first-order valence-electron chi connectivity index (χ1n) is 6.18. The van der Waals surface area contributed by atoms with Crippen molar-refractivity contribution >= 4 is 33.3 Å². The lowest BCUT2D eigenvalue weighted by atomic mass is 10.2. The lowest BCUT2D eigenvalue weighted by molar-refractivity contribution is 0.813. The predicted molar refractivity (Wildman–Crippen MR) is 84.9 cm³/mol. The number of rotatable bonds is 5. The average Bonchev–Trinajstić information content (AvgIpc) is 2.43. The van der Waals surface area contributed by atoms with Crippen molar-refractivity contribution < 1.29 is 0 Å². The molecule has 2 rings (SSSR count). The Labute approximate surface area is 127 Å². The Morgan fingerprint density at radius 2 is 1.89 bits per heavy atom. The van der Waals surface area contributed by atoms with E-state index in [9.17, 15) is 0 Å². The van der Waals surface area contributed by atoms with Crippen molar-refractivity contribution in [3.8, 4) is 0 Å². The molecular formula is C15H16BrClN2. The second-order valence-electron chi connectivity index (χ2n) is 4.33. The van der Waals surface area contributed by atoms with Crippen molar-refractivity contribution in [3.63, 3.8) is 0 Å². The molecule has 0 aliphatic heterocycles. The van der Waals surface area contributed by atoms with Gasteiger partial charge in [-0.2, -0.15) is 0 Å². The fourth-order valence-electron chi connectivity index (χ4n) is 1.89. The third kappa shape index (κ3) is 3.95.